The van der Waals surface area contributed by atoms with Crippen LogP contribution in [0, 0.1) is 11.3 Å². The van der Waals surface area contributed by atoms with Gasteiger partial charge >= 0.3 is 41.5 Å². The molecule has 0 aromatic rings. The Morgan fingerprint density at radius 3 is 2.00 bits per heavy atom. The molecule has 0 amide bonds. The van der Waals surface area contributed by atoms with Gasteiger partial charge in [-0.25, -0.2) is 0 Å². The first kappa shape index (κ1) is 18.3. The molecule has 0 bridgehead atoms. The Labute approximate surface area is 120 Å². The van der Waals surface area contributed by atoms with Crippen molar-refractivity contribution in [3.05, 3.63) is 0 Å². The molecule has 16 heavy (non-hydrogen) atoms. The van der Waals surface area contributed by atoms with E-state index in [1.807, 2.05) is 0 Å². The molecule has 0 saturated carbocycles. The van der Waals surface area contributed by atoms with E-state index in [4.69, 9.17) is 10.2 Å². The largest absolute Gasteiger partial charge is 1.00 e. The summed E-state index contributed by atoms with van der Waals surface area (Å²) < 4.78 is 0. The van der Waals surface area contributed by atoms with Crippen molar-refractivity contribution in [3.8, 4) is 0 Å². The molecular weight excluding hydrogens is 219 g/mol. The predicted molar refractivity (Wildman–Crippen MR) is 57.8 cm³/mol. The molecule has 0 aliphatic rings. The number of hydrogen-bond donors (Lipinski definition) is 2. The van der Waals surface area contributed by atoms with Gasteiger partial charge in [-0.15, -0.1) is 0 Å². The first-order chi connectivity index (χ1) is 6.87. The van der Waals surface area contributed by atoms with Crippen LogP contribution < -0.4 is 29.6 Å². The van der Waals surface area contributed by atoms with Gasteiger partial charge in [0.05, 0.1) is 0 Å². The van der Waals surface area contributed by atoms with Crippen molar-refractivity contribution in [2.24, 2.45) is 11.3 Å². The maximum atomic E-state index is 11.0. The molecule has 0 rings (SSSR count). The fourth-order valence-electron chi connectivity index (χ4n) is 1.50. The third-order valence-electron chi connectivity index (χ3n) is 3.11. The van der Waals surface area contributed by atoms with E-state index in [-0.39, 0.29) is 36.9 Å². The zero-order valence-electron chi connectivity index (χ0n) is 11.6. The Bertz CT molecular complexity index is 232. The van der Waals surface area contributed by atoms with Crippen molar-refractivity contribution in [1.29, 1.82) is 0 Å². The fourth-order valence-corrected chi connectivity index (χ4v) is 1.50. The van der Waals surface area contributed by atoms with Gasteiger partial charge in [0, 0.05) is 0 Å². The van der Waals surface area contributed by atoms with Crippen LogP contribution in [0.15, 0.2) is 0 Å². The number of unbranched alkanes of at least 4 members (excludes halogenated alkanes) is 2. The quantitative estimate of drug-likeness (QED) is 0.357. The summed E-state index contributed by atoms with van der Waals surface area (Å²) in [6.07, 6.45) is 3.58. The first-order valence-electron chi connectivity index (χ1n) is 5.34. The zero-order valence-corrected chi connectivity index (χ0v) is 12.6. The molecular formula is C11H21NaO4. The molecule has 1 atom stereocenters. The summed E-state index contributed by atoms with van der Waals surface area (Å²) in [6.45, 7) is 5.03. The maximum absolute atomic E-state index is 11.0. The molecule has 0 spiro atoms. The van der Waals surface area contributed by atoms with Crippen molar-refractivity contribution in [3.63, 3.8) is 0 Å². The van der Waals surface area contributed by atoms with Crippen LogP contribution in [-0.4, -0.2) is 22.2 Å². The molecule has 0 aliphatic heterocycles. The topological polar surface area (TPSA) is 74.6 Å². The Balaban J connectivity index is -0.000000980. The van der Waals surface area contributed by atoms with Crippen molar-refractivity contribution in [2.45, 2.75) is 46.5 Å². The monoisotopic (exact) mass is 240 g/mol. The van der Waals surface area contributed by atoms with E-state index >= 15 is 0 Å². The summed E-state index contributed by atoms with van der Waals surface area (Å²) in [5, 5.41) is 17.9. The van der Waals surface area contributed by atoms with E-state index in [0.29, 0.717) is 6.42 Å². The Morgan fingerprint density at radius 1 is 1.25 bits per heavy atom. The van der Waals surface area contributed by atoms with Crippen molar-refractivity contribution >= 4 is 11.9 Å². The van der Waals surface area contributed by atoms with E-state index < -0.39 is 17.4 Å². The number of carboxylic acids is 2. The van der Waals surface area contributed by atoms with Crippen LogP contribution in [0.5, 0.6) is 0 Å². The molecule has 0 radical (unpaired) electrons. The van der Waals surface area contributed by atoms with Crippen molar-refractivity contribution in [2.75, 3.05) is 0 Å². The van der Waals surface area contributed by atoms with Gasteiger partial charge in [-0.05, 0) is 19.3 Å². The summed E-state index contributed by atoms with van der Waals surface area (Å²) in [4.78, 5) is 21.9. The van der Waals surface area contributed by atoms with Gasteiger partial charge in [-0.2, -0.15) is 0 Å². The molecule has 0 heterocycles. The summed E-state index contributed by atoms with van der Waals surface area (Å²) >= 11 is 0. The third kappa shape index (κ3) is 4.44. The van der Waals surface area contributed by atoms with Crippen LogP contribution >= 0.6 is 0 Å². The second-order valence-corrected chi connectivity index (χ2v) is 4.21. The van der Waals surface area contributed by atoms with Crippen LogP contribution in [0.1, 0.15) is 47.9 Å². The maximum Gasteiger partial charge on any atom is 1.00 e. The van der Waals surface area contributed by atoms with E-state index in [9.17, 15) is 9.59 Å². The molecule has 0 aliphatic carbocycles. The van der Waals surface area contributed by atoms with Crippen LogP contribution in [0.3, 0.4) is 0 Å². The Hall–Kier alpha value is -0.0600. The van der Waals surface area contributed by atoms with Crippen molar-refractivity contribution < 1.29 is 50.8 Å². The van der Waals surface area contributed by atoms with Crippen LogP contribution in [-0.2, 0) is 9.59 Å². The molecule has 0 aromatic carbocycles. The fraction of sp³-hybridized carbons (Fsp3) is 0.818. The molecule has 0 aromatic heterocycles. The zero-order chi connectivity index (χ0) is 12.1. The minimum Gasteiger partial charge on any atom is -1.00 e. The van der Waals surface area contributed by atoms with Gasteiger partial charge < -0.3 is 11.6 Å². The number of aliphatic carboxylic acids is 2. The summed E-state index contributed by atoms with van der Waals surface area (Å²) in [5.41, 5.74) is -1.66. The smallest absolute Gasteiger partial charge is 1.00 e. The van der Waals surface area contributed by atoms with E-state index in [0.717, 1.165) is 19.3 Å². The van der Waals surface area contributed by atoms with Gasteiger partial charge in [0.1, 0.15) is 0 Å². The van der Waals surface area contributed by atoms with Crippen LogP contribution in [0.4, 0.5) is 0 Å². The summed E-state index contributed by atoms with van der Waals surface area (Å²) in [6, 6.07) is 0. The third-order valence-corrected chi connectivity index (χ3v) is 3.11. The van der Waals surface area contributed by atoms with E-state index in [1.54, 1.807) is 6.92 Å². The molecule has 2 N–H and O–H groups in total. The summed E-state index contributed by atoms with van der Waals surface area (Å²) in [5.74, 6) is -2.85. The van der Waals surface area contributed by atoms with E-state index in [2.05, 4.69) is 6.92 Å². The molecule has 4 nitrogen and oxygen atoms in total. The minimum absolute atomic E-state index is 0. The summed E-state index contributed by atoms with van der Waals surface area (Å²) in [7, 11) is 0. The standard InChI is InChI=1S/C11H20O4.Na.H/c1-4-5-6-7-8(2)11(3,9(12)13)10(14)15;;/h8H,4-7H2,1-3H3,(H,12,13)(H,14,15);;/q;+1;-1. The van der Waals surface area contributed by atoms with Gasteiger partial charge in [-0.1, -0.05) is 33.1 Å². The van der Waals surface area contributed by atoms with Crippen LogP contribution in [0.2, 0.25) is 0 Å². The average molecular weight is 240 g/mol. The van der Waals surface area contributed by atoms with E-state index in [1.165, 1.54) is 6.92 Å². The number of rotatable bonds is 7. The van der Waals surface area contributed by atoms with Gasteiger partial charge in [0.2, 0.25) is 0 Å². The number of carboxylic acid groups (broad SMARTS) is 2. The van der Waals surface area contributed by atoms with Crippen molar-refractivity contribution in [1.82, 2.24) is 0 Å². The van der Waals surface area contributed by atoms with Gasteiger partial charge in [0.25, 0.3) is 0 Å². The number of carbonyl (C=O) groups is 2. The molecule has 0 saturated heterocycles. The molecule has 5 heteroatoms. The predicted octanol–water partition coefficient (Wildman–Crippen LogP) is -0.505. The Kier molecular flexibility index (Phi) is 9.26. The number of hydrogen-bond acceptors (Lipinski definition) is 2. The van der Waals surface area contributed by atoms with Crippen LogP contribution in [0.25, 0.3) is 0 Å². The Morgan fingerprint density at radius 2 is 1.69 bits per heavy atom. The van der Waals surface area contributed by atoms with Gasteiger partial charge in [0.15, 0.2) is 5.41 Å². The second kappa shape index (κ2) is 8.09. The second-order valence-electron chi connectivity index (χ2n) is 4.21. The minimum atomic E-state index is -1.66. The normalized spacial score (nSPS) is 12.7. The van der Waals surface area contributed by atoms with Gasteiger partial charge in [-0.3, -0.25) is 9.59 Å². The SMILES string of the molecule is CCCCCC(C)C(C)(C(=O)O)C(=O)O.[H-].[Na+]. The molecule has 90 valence electrons. The molecule has 0 fully saturated rings. The molecule has 1 unspecified atom stereocenters. The average Bonchev–Trinajstić information content (AvgIpc) is 2.15. The first-order valence-corrected chi connectivity index (χ1v) is 5.34.